The Hall–Kier alpha value is -2.31. The fraction of sp³-hybridized carbons (Fsp3) is 0.222. The zero-order chi connectivity index (χ0) is 16.4. The Morgan fingerprint density at radius 3 is 3.12 bits per heavy atom. The van der Waals surface area contributed by atoms with Crippen molar-refractivity contribution >= 4 is 17.3 Å². The Labute approximate surface area is 143 Å². The van der Waals surface area contributed by atoms with E-state index in [0.717, 1.165) is 25.1 Å². The molecule has 0 fully saturated rings. The van der Waals surface area contributed by atoms with E-state index in [-0.39, 0.29) is 0 Å². The van der Waals surface area contributed by atoms with Crippen molar-refractivity contribution in [3.63, 3.8) is 0 Å². The molecule has 1 aliphatic heterocycles. The predicted molar refractivity (Wildman–Crippen MR) is 94.5 cm³/mol. The Balaban J connectivity index is 1.56. The highest BCUT2D eigenvalue weighted by Crippen LogP contribution is 2.24. The van der Waals surface area contributed by atoms with E-state index in [9.17, 15) is 4.39 Å². The first-order valence-electron chi connectivity index (χ1n) is 7.90. The molecule has 0 saturated carbocycles. The molecular weight excluding hydrogens is 323 g/mol. The highest BCUT2D eigenvalue weighted by Gasteiger charge is 2.13. The standard InChI is InChI=1S/C18H17FN4S/c19-16-10-22-18(23-17(16)14-5-7-24-11-14)21-9-13-3-1-2-12-8-20-6-4-15(12)13/h1-3,5,7,10-11,20H,4,6,8-9H2,(H,21,22,23). The molecule has 0 radical (unpaired) electrons. The van der Waals surface area contributed by atoms with E-state index in [0.29, 0.717) is 18.2 Å². The fourth-order valence-corrected chi connectivity index (χ4v) is 3.65. The average Bonchev–Trinajstić information content (AvgIpc) is 3.15. The molecule has 4 rings (SSSR count). The van der Waals surface area contributed by atoms with Crippen molar-refractivity contribution in [3.8, 4) is 11.3 Å². The van der Waals surface area contributed by atoms with Gasteiger partial charge in [-0.25, -0.2) is 14.4 Å². The Bertz CT molecular complexity index is 848. The van der Waals surface area contributed by atoms with E-state index >= 15 is 0 Å². The SMILES string of the molecule is Fc1cnc(NCc2cccc3c2CCNC3)nc1-c1ccsc1. The number of fused-ring (bicyclic) bond motifs is 1. The molecule has 0 saturated heterocycles. The molecule has 2 aromatic heterocycles. The van der Waals surface area contributed by atoms with E-state index in [1.807, 2.05) is 16.8 Å². The van der Waals surface area contributed by atoms with Gasteiger partial charge < -0.3 is 10.6 Å². The summed E-state index contributed by atoms with van der Waals surface area (Å²) in [5.41, 5.74) is 5.11. The normalized spacial score (nSPS) is 13.5. The van der Waals surface area contributed by atoms with Gasteiger partial charge in [-0.05, 0) is 41.1 Å². The molecule has 0 spiro atoms. The number of hydrogen-bond acceptors (Lipinski definition) is 5. The number of benzene rings is 1. The first kappa shape index (κ1) is 15.2. The monoisotopic (exact) mass is 340 g/mol. The third kappa shape index (κ3) is 3.02. The van der Waals surface area contributed by atoms with E-state index in [4.69, 9.17) is 0 Å². The average molecular weight is 340 g/mol. The molecule has 0 unspecified atom stereocenters. The van der Waals surface area contributed by atoms with Gasteiger partial charge in [0.05, 0.1) is 6.20 Å². The minimum absolute atomic E-state index is 0.341. The lowest BCUT2D eigenvalue weighted by Gasteiger charge is -2.20. The highest BCUT2D eigenvalue weighted by atomic mass is 32.1. The van der Waals surface area contributed by atoms with Gasteiger partial charge in [-0.15, -0.1) is 0 Å². The number of aromatic nitrogens is 2. The highest BCUT2D eigenvalue weighted by molar-refractivity contribution is 7.08. The summed E-state index contributed by atoms with van der Waals surface area (Å²) in [6.45, 7) is 2.55. The lowest BCUT2D eigenvalue weighted by molar-refractivity contribution is 0.618. The second kappa shape index (κ2) is 6.67. The summed E-state index contributed by atoms with van der Waals surface area (Å²) < 4.78 is 14.0. The number of hydrogen-bond donors (Lipinski definition) is 2. The second-order valence-electron chi connectivity index (χ2n) is 5.74. The van der Waals surface area contributed by atoms with Gasteiger partial charge in [-0.2, -0.15) is 11.3 Å². The third-order valence-electron chi connectivity index (χ3n) is 4.21. The van der Waals surface area contributed by atoms with E-state index < -0.39 is 5.82 Å². The van der Waals surface area contributed by atoms with Crippen molar-refractivity contribution in [1.82, 2.24) is 15.3 Å². The van der Waals surface area contributed by atoms with Gasteiger partial charge in [0.15, 0.2) is 5.82 Å². The van der Waals surface area contributed by atoms with Crippen molar-refractivity contribution in [2.45, 2.75) is 19.5 Å². The van der Waals surface area contributed by atoms with Gasteiger partial charge in [0.1, 0.15) is 5.69 Å². The van der Waals surface area contributed by atoms with Crippen molar-refractivity contribution in [3.05, 3.63) is 63.7 Å². The lowest BCUT2D eigenvalue weighted by atomic mass is 9.95. The maximum absolute atomic E-state index is 14.0. The van der Waals surface area contributed by atoms with Crippen LogP contribution in [0.25, 0.3) is 11.3 Å². The van der Waals surface area contributed by atoms with Crippen LogP contribution in [0.1, 0.15) is 16.7 Å². The van der Waals surface area contributed by atoms with Crippen molar-refractivity contribution < 1.29 is 4.39 Å². The predicted octanol–water partition coefficient (Wildman–Crippen LogP) is 3.60. The minimum Gasteiger partial charge on any atom is -0.350 e. The van der Waals surface area contributed by atoms with Crippen LogP contribution in [0.2, 0.25) is 0 Å². The third-order valence-corrected chi connectivity index (χ3v) is 4.90. The summed E-state index contributed by atoms with van der Waals surface area (Å²) in [4.78, 5) is 8.41. The molecule has 6 heteroatoms. The largest absolute Gasteiger partial charge is 0.350 e. The molecule has 0 aliphatic carbocycles. The summed E-state index contributed by atoms with van der Waals surface area (Å²) in [5.74, 6) is 0.0475. The summed E-state index contributed by atoms with van der Waals surface area (Å²) in [7, 11) is 0. The van der Waals surface area contributed by atoms with Crippen molar-refractivity contribution in [2.75, 3.05) is 11.9 Å². The quantitative estimate of drug-likeness (QED) is 0.762. The number of halogens is 1. The first-order valence-corrected chi connectivity index (χ1v) is 8.85. The summed E-state index contributed by atoms with van der Waals surface area (Å²) in [6, 6.07) is 8.22. The Morgan fingerprint density at radius 1 is 1.29 bits per heavy atom. The maximum atomic E-state index is 14.0. The molecule has 3 aromatic rings. The number of nitrogens with zero attached hydrogens (tertiary/aromatic N) is 2. The van der Waals surface area contributed by atoms with Gasteiger partial charge in [0.25, 0.3) is 0 Å². The van der Waals surface area contributed by atoms with Crippen LogP contribution in [0.3, 0.4) is 0 Å². The Kier molecular flexibility index (Phi) is 4.23. The second-order valence-corrected chi connectivity index (χ2v) is 6.52. The van der Waals surface area contributed by atoms with E-state index in [2.05, 4.69) is 38.8 Å². The smallest absolute Gasteiger partial charge is 0.223 e. The van der Waals surface area contributed by atoms with Crippen LogP contribution in [-0.4, -0.2) is 16.5 Å². The van der Waals surface area contributed by atoms with Crippen molar-refractivity contribution in [2.24, 2.45) is 0 Å². The van der Waals surface area contributed by atoms with Crippen LogP contribution in [0.4, 0.5) is 10.3 Å². The molecule has 122 valence electrons. The molecule has 2 N–H and O–H groups in total. The van der Waals surface area contributed by atoms with E-state index in [1.54, 1.807) is 0 Å². The van der Waals surface area contributed by atoms with Crippen LogP contribution in [0, 0.1) is 5.82 Å². The lowest BCUT2D eigenvalue weighted by Crippen LogP contribution is -2.25. The van der Waals surface area contributed by atoms with Gasteiger partial charge >= 0.3 is 0 Å². The van der Waals surface area contributed by atoms with Crippen LogP contribution < -0.4 is 10.6 Å². The molecule has 1 aliphatic rings. The first-order chi connectivity index (χ1) is 11.8. The molecule has 1 aromatic carbocycles. The van der Waals surface area contributed by atoms with Crippen molar-refractivity contribution in [1.29, 1.82) is 0 Å². The maximum Gasteiger partial charge on any atom is 0.223 e. The summed E-state index contributed by atoms with van der Waals surface area (Å²) in [6.07, 6.45) is 2.25. The molecule has 0 bridgehead atoms. The zero-order valence-electron chi connectivity index (χ0n) is 13.1. The summed E-state index contributed by atoms with van der Waals surface area (Å²) in [5, 5.41) is 10.4. The Morgan fingerprint density at radius 2 is 2.25 bits per heavy atom. The van der Waals surface area contributed by atoms with Crippen LogP contribution in [-0.2, 0) is 19.5 Å². The van der Waals surface area contributed by atoms with Gasteiger partial charge in [-0.1, -0.05) is 18.2 Å². The number of nitrogens with one attached hydrogen (secondary N) is 2. The fourth-order valence-electron chi connectivity index (χ4n) is 3.00. The number of anilines is 1. The molecule has 4 nitrogen and oxygen atoms in total. The number of rotatable bonds is 4. The number of thiophene rings is 1. The molecule has 24 heavy (non-hydrogen) atoms. The van der Waals surface area contributed by atoms with Crippen LogP contribution >= 0.6 is 11.3 Å². The van der Waals surface area contributed by atoms with Crippen LogP contribution in [0.5, 0.6) is 0 Å². The molecule has 0 atom stereocenters. The van der Waals surface area contributed by atoms with Crippen LogP contribution in [0.15, 0.2) is 41.2 Å². The molecular formula is C18H17FN4S. The summed E-state index contributed by atoms with van der Waals surface area (Å²) >= 11 is 1.52. The molecule has 3 heterocycles. The van der Waals surface area contributed by atoms with E-state index in [1.165, 1.54) is 34.2 Å². The minimum atomic E-state index is -0.401. The molecule has 0 amide bonds. The van der Waals surface area contributed by atoms with Gasteiger partial charge in [0, 0.05) is 24.0 Å². The van der Waals surface area contributed by atoms with Gasteiger partial charge in [0.2, 0.25) is 5.95 Å². The zero-order valence-corrected chi connectivity index (χ0v) is 13.9. The topological polar surface area (TPSA) is 49.8 Å². The van der Waals surface area contributed by atoms with Gasteiger partial charge in [-0.3, -0.25) is 0 Å².